The number of aliphatic hydroxyl groups is 1. The Bertz CT molecular complexity index is 460. The van der Waals surface area contributed by atoms with Gasteiger partial charge in [-0.2, -0.15) is 0 Å². The van der Waals surface area contributed by atoms with Crippen molar-refractivity contribution in [3.8, 4) is 0 Å². The van der Waals surface area contributed by atoms with Gasteiger partial charge in [-0.3, -0.25) is 15.0 Å². The molecule has 0 heterocycles. The maximum Gasteiger partial charge on any atom is 0.269 e. The Kier molecular flexibility index (Phi) is 4.85. The molecule has 0 unspecified atom stereocenters. The van der Waals surface area contributed by atoms with Crippen LogP contribution in [0.1, 0.15) is 19.4 Å². The minimum Gasteiger partial charge on any atom is -0.394 e. The zero-order valence-corrected chi connectivity index (χ0v) is 11.8. The highest BCUT2D eigenvalue weighted by molar-refractivity contribution is 5.55. The summed E-state index contributed by atoms with van der Waals surface area (Å²) in [5.74, 6) is 0. The van der Waals surface area contributed by atoms with Crippen LogP contribution < -0.4 is 5.32 Å². The van der Waals surface area contributed by atoms with E-state index in [0.717, 1.165) is 11.3 Å². The lowest BCUT2D eigenvalue weighted by atomic mass is 10.0. The third-order valence-electron chi connectivity index (χ3n) is 3.40. The first-order valence-electron chi connectivity index (χ1n) is 6.09. The number of non-ortho nitro benzene ring substituents is 1. The van der Waals surface area contributed by atoms with Gasteiger partial charge in [0.15, 0.2) is 0 Å². The second-order valence-corrected chi connectivity index (χ2v) is 5.18. The predicted octanol–water partition coefficient (Wildman–Crippen LogP) is 1.84. The van der Waals surface area contributed by atoms with Crippen molar-refractivity contribution in [3.05, 3.63) is 33.9 Å². The summed E-state index contributed by atoms with van der Waals surface area (Å²) in [5, 5.41) is 23.2. The van der Waals surface area contributed by atoms with Crippen molar-refractivity contribution < 1.29 is 10.0 Å². The fraction of sp³-hybridized carbons (Fsp3) is 0.538. The number of nitro groups is 1. The number of benzene rings is 1. The van der Waals surface area contributed by atoms with Gasteiger partial charge in [-0.1, -0.05) is 0 Å². The van der Waals surface area contributed by atoms with Crippen molar-refractivity contribution in [2.45, 2.75) is 25.9 Å². The minimum atomic E-state index is -0.403. The standard InChI is InChI=1S/C13H21N3O3/c1-13(2,9-17)15(4)8-10-7-11(16(18)19)5-6-12(10)14-3/h5-7,14,17H,8-9H2,1-4H3. The van der Waals surface area contributed by atoms with Crippen LogP contribution in [-0.4, -0.2) is 41.2 Å². The topological polar surface area (TPSA) is 78.6 Å². The zero-order valence-electron chi connectivity index (χ0n) is 11.8. The van der Waals surface area contributed by atoms with Crippen LogP contribution in [0.15, 0.2) is 18.2 Å². The van der Waals surface area contributed by atoms with Gasteiger partial charge in [-0.05, 0) is 32.5 Å². The molecule has 1 aromatic carbocycles. The molecule has 0 aliphatic carbocycles. The lowest BCUT2D eigenvalue weighted by Crippen LogP contribution is -2.43. The second-order valence-electron chi connectivity index (χ2n) is 5.18. The molecular weight excluding hydrogens is 246 g/mol. The summed E-state index contributed by atoms with van der Waals surface area (Å²) in [5.41, 5.74) is 1.38. The summed E-state index contributed by atoms with van der Waals surface area (Å²) in [4.78, 5) is 12.4. The zero-order chi connectivity index (χ0) is 14.6. The molecule has 0 saturated carbocycles. The summed E-state index contributed by atoms with van der Waals surface area (Å²) >= 11 is 0. The van der Waals surface area contributed by atoms with Gasteiger partial charge < -0.3 is 10.4 Å². The van der Waals surface area contributed by atoms with Gasteiger partial charge in [0.2, 0.25) is 0 Å². The molecule has 19 heavy (non-hydrogen) atoms. The van der Waals surface area contributed by atoms with Gasteiger partial charge in [-0.25, -0.2) is 0 Å². The van der Waals surface area contributed by atoms with Gasteiger partial charge in [0.1, 0.15) is 0 Å². The maximum atomic E-state index is 10.8. The van der Waals surface area contributed by atoms with E-state index in [9.17, 15) is 15.2 Å². The van der Waals surface area contributed by atoms with Crippen molar-refractivity contribution in [2.75, 3.05) is 26.0 Å². The number of nitro benzene ring substituents is 1. The molecular formula is C13H21N3O3. The Morgan fingerprint density at radius 1 is 1.47 bits per heavy atom. The van der Waals surface area contributed by atoms with E-state index in [0.29, 0.717) is 6.54 Å². The van der Waals surface area contributed by atoms with E-state index in [-0.39, 0.29) is 17.8 Å². The van der Waals surface area contributed by atoms with Crippen LogP contribution in [-0.2, 0) is 6.54 Å². The van der Waals surface area contributed by atoms with Gasteiger partial charge in [0.25, 0.3) is 5.69 Å². The number of anilines is 1. The first kappa shape index (κ1) is 15.4. The molecule has 0 amide bonds. The van der Waals surface area contributed by atoms with Gasteiger partial charge in [0, 0.05) is 37.0 Å². The molecule has 0 aliphatic rings. The summed E-state index contributed by atoms with van der Waals surface area (Å²) in [7, 11) is 3.66. The van der Waals surface area contributed by atoms with Crippen molar-refractivity contribution in [3.63, 3.8) is 0 Å². The average Bonchev–Trinajstić information content (AvgIpc) is 2.38. The first-order chi connectivity index (χ1) is 8.81. The molecule has 0 radical (unpaired) electrons. The molecule has 0 fully saturated rings. The smallest absolute Gasteiger partial charge is 0.269 e. The quantitative estimate of drug-likeness (QED) is 0.607. The molecule has 0 aliphatic heterocycles. The van der Waals surface area contributed by atoms with Crippen LogP contribution in [0.3, 0.4) is 0 Å². The van der Waals surface area contributed by atoms with Crippen LogP contribution >= 0.6 is 0 Å². The Morgan fingerprint density at radius 2 is 2.11 bits per heavy atom. The molecule has 106 valence electrons. The van der Waals surface area contributed by atoms with Crippen LogP contribution in [0, 0.1) is 10.1 Å². The molecule has 2 N–H and O–H groups in total. The number of likely N-dealkylation sites (N-methyl/N-ethyl adjacent to an activating group) is 1. The molecule has 0 aromatic heterocycles. The fourth-order valence-corrected chi connectivity index (χ4v) is 1.66. The third-order valence-corrected chi connectivity index (χ3v) is 3.40. The third kappa shape index (κ3) is 3.65. The van der Waals surface area contributed by atoms with E-state index in [1.54, 1.807) is 19.2 Å². The number of aliphatic hydroxyl groups excluding tert-OH is 1. The first-order valence-corrected chi connectivity index (χ1v) is 6.09. The van der Waals surface area contributed by atoms with Crippen LogP contribution in [0.4, 0.5) is 11.4 Å². The van der Waals surface area contributed by atoms with E-state index in [1.165, 1.54) is 6.07 Å². The average molecular weight is 267 g/mol. The molecule has 1 rings (SSSR count). The molecule has 6 nitrogen and oxygen atoms in total. The van der Waals surface area contributed by atoms with E-state index >= 15 is 0 Å². The van der Waals surface area contributed by atoms with E-state index < -0.39 is 4.92 Å². The number of hydrogen-bond donors (Lipinski definition) is 2. The molecule has 1 aromatic rings. The number of nitrogens with one attached hydrogen (secondary N) is 1. The van der Waals surface area contributed by atoms with Gasteiger partial charge in [-0.15, -0.1) is 0 Å². The molecule has 0 saturated heterocycles. The van der Waals surface area contributed by atoms with Crippen LogP contribution in [0.25, 0.3) is 0 Å². The van der Waals surface area contributed by atoms with E-state index in [1.807, 2.05) is 25.8 Å². The lowest BCUT2D eigenvalue weighted by molar-refractivity contribution is -0.384. The van der Waals surface area contributed by atoms with Crippen molar-refractivity contribution >= 4 is 11.4 Å². The minimum absolute atomic E-state index is 0.0211. The van der Waals surface area contributed by atoms with Crippen molar-refractivity contribution in [1.82, 2.24) is 4.90 Å². The predicted molar refractivity (Wildman–Crippen MR) is 75.3 cm³/mol. The van der Waals surface area contributed by atoms with E-state index in [2.05, 4.69) is 5.32 Å². The number of rotatable bonds is 6. The lowest BCUT2D eigenvalue weighted by Gasteiger charge is -2.34. The Morgan fingerprint density at radius 3 is 2.58 bits per heavy atom. The number of hydrogen-bond acceptors (Lipinski definition) is 5. The summed E-state index contributed by atoms with van der Waals surface area (Å²) < 4.78 is 0. The molecule has 0 atom stereocenters. The van der Waals surface area contributed by atoms with Crippen LogP contribution in [0.2, 0.25) is 0 Å². The summed E-state index contributed by atoms with van der Waals surface area (Å²) in [6.07, 6.45) is 0. The Hall–Kier alpha value is -1.66. The number of nitrogens with zero attached hydrogens (tertiary/aromatic N) is 2. The molecule has 6 heteroatoms. The largest absolute Gasteiger partial charge is 0.394 e. The van der Waals surface area contributed by atoms with Crippen molar-refractivity contribution in [1.29, 1.82) is 0 Å². The van der Waals surface area contributed by atoms with Crippen LogP contribution in [0.5, 0.6) is 0 Å². The summed E-state index contributed by atoms with van der Waals surface area (Å²) in [6.45, 7) is 4.38. The van der Waals surface area contributed by atoms with Crippen molar-refractivity contribution in [2.24, 2.45) is 0 Å². The highest BCUT2D eigenvalue weighted by Crippen LogP contribution is 2.25. The Labute approximate surface area is 113 Å². The molecule has 0 bridgehead atoms. The molecule has 0 spiro atoms. The monoisotopic (exact) mass is 267 g/mol. The van der Waals surface area contributed by atoms with Gasteiger partial charge in [0.05, 0.1) is 11.5 Å². The fourth-order valence-electron chi connectivity index (χ4n) is 1.66. The normalized spacial score (nSPS) is 11.7. The second kappa shape index (κ2) is 5.99. The SMILES string of the molecule is CNc1ccc([N+](=O)[O-])cc1CN(C)C(C)(C)CO. The van der Waals surface area contributed by atoms with Gasteiger partial charge >= 0.3 is 0 Å². The maximum absolute atomic E-state index is 10.8. The Balaban J connectivity index is 3.04. The van der Waals surface area contributed by atoms with E-state index in [4.69, 9.17) is 0 Å². The highest BCUT2D eigenvalue weighted by atomic mass is 16.6. The summed E-state index contributed by atoms with van der Waals surface area (Å²) in [6, 6.07) is 4.75. The highest BCUT2D eigenvalue weighted by Gasteiger charge is 2.23.